The third-order valence-electron chi connectivity index (χ3n) is 4.58. The summed E-state index contributed by atoms with van der Waals surface area (Å²) >= 11 is 0. The zero-order chi connectivity index (χ0) is 17.3. The standard InChI is InChI=1S/C19H24N2O3.ClH/c1-12-4-5-13(2)17(6-12)18-9-21(14(3)10-24-18)19(22)15-7-16(8-20)23-11-15;/h4-7,11,14,18H,8-10,20H2,1-3H3;1H. The molecule has 3 rings (SSSR count). The van der Waals surface area contributed by atoms with E-state index in [1.165, 1.54) is 17.4 Å². The van der Waals surface area contributed by atoms with Gasteiger partial charge in [0.1, 0.15) is 18.1 Å². The molecule has 2 atom stereocenters. The summed E-state index contributed by atoms with van der Waals surface area (Å²) in [6.45, 7) is 7.49. The van der Waals surface area contributed by atoms with Crippen LogP contribution in [0.25, 0.3) is 0 Å². The fraction of sp³-hybridized carbons (Fsp3) is 0.421. The summed E-state index contributed by atoms with van der Waals surface area (Å²) in [5.74, 6) is 0.579. The lowest BCUT2D eigenvalue weighted by Gasteiger charge is -2.38. The number of morpholine rings is 1. The van der Waals surface area contributed by atoms with E-state index in [4.69, 9.17) is 14.9 Å². The van der Waals surface area contributed by atoms with E-state index in [1.54, 1.807) is 6.07 Å². The molecule has 136 valence electrons. The van der Waals surface area contributed by atoms with Crippen molar-refractivity contribution in [2.75, 3.05) is 13.2 Å². The van der Waals surface area contributed by atoms with Crippen molar-refractivity contribution in [2.45, 2.75) is 39.5 Å². The van der Waals surface area contributed by atoms with Crippen molar-refractivity contribution in [3.63, 3.8) is 0 Å². The number of furan rings is 1. The van der Waals surface area contributed by atoms with E-state index in [0.29, 0.717) is 24.5 Å². The molecule has 1 aromatic carbocycles. The number of benzene rings is 1. The molecule has 1 saturated heterocycles. The summed E-state index contributed by atoms with van der Waals surface area (Å²) in [6.07, 6.45) is 1.38. The van der Waals surface area contributed by atoms with Gasteiger partial charge < -0.3 is 19.8 Å². The molecule has 1 amide bonds. The molecular formula is C19H25ClN2O3. The van der Waals surface area contributed by atoms with Crippen molar-refractivity contribution >= 4 is 18.3 Å². The maximum Gasteiger partial charge on any atom is 0.257 e. The maximum absolute atomic E-state index is 12.8. The predicted octanol–water partition coefficient (Wildman–Crippen LogP) is 3.38. The number of halogens is 1. The summed E-state index contributed by atoms with van der Waals surface area (Å²) in [5.41, 5.74) is 9.63. The molecular weight excluding hydrogens is 340 g/mol. The Hall–Kier alpha value is -1.82. The molecule has 5 nitrogen and oxygen atoms in total. The highest BCUT2D eigenvalue weighted by Crippen LogP contribution is 2.29. The van der Waals surface area contributed by atoms with Gasteiger partial charge in [0.15, 0.2) is 0 Å². The Morgan fingerprint density at radius 2 is 2.08 bits per heavy atom. The number of rotatable bonds is 3. The summed E-state index contributed by atoms with van der Waals surface area (Å²) in [7, 11) is 0. The molecule has 2 unspecified atom stereocenters. The van der Waals surface area contributed by atoms with E-state index >= 15 is 0 Å². The van der Waals surface area contributed by atoms with Gasteiger partial charge in [0.2, 0.25) is 0 Å². The topological polar surface area (TPSA) is 68.7 Å². The minimum atomic E-state index is -0.106. The van der Waals surface area contributed by atoms with Crippen LogP contribution in [0.3, 0.4) is 0 Å². The van der Waals surface area contributed by atoms with Crippen LogP contribution in [0.4, 0.5) is 0 Å². The Kier molecular flexibility index (Phi) is 6.27. The molecule has 0 spiro atoms. The molecule has 0 saturated carbocycles. The van der Waals surface area contributed by atoms with Gasteiger partial charge in [-0.25, -0.2) is 0 Å². The van der Waals surface area contributed by atoms with Crippen LogP contribution in [0, 0.1) is 13.8 Å². The number of nitrogens with zero attached hydrogens (tertiary/aromatic N) is 1. The molecule has 0 aliphatic carbocycles. The fourth-order valence-electron chi connectivity index (χ4n) is 3.10. The van der Waals surface area contributed by atoms with Crippen molar-refractivity contribution in [2.24, 2.45) is 5.73 Å². The Balaban J connectivity index is 0.00000225. The van der Waals surface area contributed by atoms with E-state index in [0.717, 1.165) is 5.56 Å². The molecule has 2 heterocycles. The van der Waals surface area contributed by atoms with Gasteiger partial charge in [0, 0.05) is 0 Å². The van der Waals surface area contributed by atoms with Crippen LogP contribution < -0.4 is 5.73 Å². The lowest BCUT2D eigenvalue weighted by Crippen LogP contribution is -2.48. The fourth-order valence-corrected chi connectivity index (χ4v) is 3.10. The van der Waals surface area contributed by atoms with Gasteiger partial charge in [-0.3, -0.25) is 4.79 Å². The molecule has 2 aromatic rings. The molecule has 2 N–H and O–H groups in total. The van der Waals surface area contributed by atoms with E-state index in [-0.39, 0.29) is 37.0 Å². The molecule has 0 bridgehead atoms. The second kappa shape index (κ2) is 8.04. The van der Waals surface area contributed by atoms with Crippen LogP contribution in [0.2, 0.25) is 0 Å². The van der Waals surface area contributed by atoms with Crippen LogP contribution in [-0.4, -0.2) is 30.0 Å². The molecule has 1 aliphatic heterocycles. The third kappa shape index (κ3) is 4.06. The summed E-state index contributed by atoms with van der Waals surface area (Å²) in [5, 5.41) is 0. The smallest absolute Gasteiger partial charge is 0.257 e. The summed E-state index contributed by atoms with van der Waals surface area (Å²) < 4.78 is 11.3. The third-order valence-corrected chi connectivity index (χ3v) is 4.58. The quantitative estimate of drug-likeness (QED) is 0.906. The highest BCUT2D eigenvalue weighted by atomic mass is 35.5. The Labute approximate surface area is 154 Å². The van der Waals surface area contributed by atoms with Crippen molar-refractivity contribution < 1.29 is 13.9 Å². The van der Waals surface area contributed by atoms with Crippen LogP contribution in [0.5, 0.6) is 0 Å². The van der Waals surface area contributed by atoms with Crippen LogP contribution >= 0.6 is 12.4 Å². The average Bonchev–Trinajstić information content (AvgIpc) is 3.06. The molecule has 0 radical (unpaired) electrons. The first-order chi connectivity index (χ1) is 11.5. The van der Waals surface area contributed by atoms with Crippen LogP contribution in [0.1, 0.15) is 45.8 Å². The minimum Gasteiger partial charge on any atom is -0.467 e. The molecule has 1 aromatic heterocycles. The molecule has 1 fully saturated rings. The van der Waals surface area contributed by atoms with Gasteiger partial charge in [0.05, 0.1) is 31.3 Å². The summed E-state index contributed by atoms with van der Waals surface area (Å²) in [4.78, 5) is 14.7. The summed E-state index contributed by atoms with van der Waals surface area (Å²) in [6, 6.07) is 8.07. The molecule has 6 heteroatoms. The van der Waals surface area contributed by atoms with E-state index in [9.17, 15) is 4.79 Å². The van der Waals surface area contributed by atoms with Gasteiger partial charge in [-0.1, -0.05) is 23.8 Å². The van der Waals surface area contributed by atoms with Gasteiger partial charge in [0.25, 0.3) is 5.91 Å². The Morgan fingerprint density at radius 1 is 1.32 bits per heavy atom. The zero-order valence-corrected chi connectivity index (χ0v) is 15.6. The highest BCUT2D eigenvalue weighted by molar-refractivity contribution is 5.94. The van der Waals surface area contributed by atoms with Crippen molar-refractivity contribution in [1.82, 2.24) is 4.90 Å². The number of ether oxygens (including phenoxy) is 1. The van der Waals surface area contributed by atoms with Crippen molar-refractivity contribution in [1.29, 1.82) is 0 Å². The lowest BCUT2D eigenvalue weighted by atomic mass is 9.98. The Bertz CT molecular complexity index is 744. The number of carbonyl (C=O) groups is 1. The first-order valence-electron chi connectivity index (χ1n) is 8.26. The Morgan fingerprint density at radius 3 is 2.76 bits per heavy atom. The van der Waals surface area contributed by atoms with Gasteiger partial charge in [-0.05, 0) is 38.0 Å². The van der Waals surface area contributed by atoms with Gasteiger partial charge >= 0.3 is 0 Å². The second-order valence-electron chi connectivity index (χ2n) is 6.49. The van der Waals surface area contributed by atoms with Crippen LogP contribution in [0.15, 0.2) is 34.9 Å². The molecule has 25 heavy (non-hydrogen) atoms. The second-order valence-corrected chi connectivity index (χ2v) is 6.49. The minimum absolute atomic E-state index is 0. The normalized spacial score (nSPS) is 20.2. The van der Waals surface area contributed by atoms with Gasteiger partial charge in [-0.15, -0.1) is 12.4 Å². The first kappa shape index (κ1) is 19.5. The predicted molar refractivity (Wildman–Crippen MR) is 99.0 cm³/mol. The number of hydrogen-bond donors (Lipinski definition) is 1. The van der Waals surface area contributed by atoms with E-state index in [2.05, 4.69) is 32.0 Å². The number of hydrogen-bond acceptors (Lipinski definition) is 4. The SMILES string of the molecule is Cc1ccc(C)c(C2CN(C(=O)c3coc(CN)c3)C(C)CO2)c1.Cl. The van der Waals surface area contributed by atoms with Crippen LogP contribution in [-0.2, 0) is 11.3 Å². The first-order valence-corrected chi connectivity index (χ1v) is 8.26. The zero-order valence-electron chi connectivity index (χ0n) is 14.8. The molecule has 1 aliphatic rings. The largest absolute Gasteiger partial charge is 0.467 e. The number of amides is 1. The number of aryl methyl sites for hydroxylation is 2. The maximum atomic E-state index is 12.8. The number of nitrogens with two attached hydrogens (primary N) is 1. The number of carbonyl (C=O) groups excluding carboxylic acids is 1. The van der Waals surface area contributed by atoms with Crippen molar-refractivity contribution in [3.05, 3.63) is 58.5 Å². The lowest BCUT2D eigenvalue weighted by molar-refractivity contribution is -0.0489. The van der Waals surface area contributed by atoms with Crippen molar-refractivity contribution in [3.8, 4) is 0 Å². The van der Waals surface area contributed by atoms with E-state index < -0.39 is 0 Å². The van der Waals surface area contributed by atoms with Gasteiger partial charge in [-0.2, -0.15) is 0 Å². The monoisotopic (exact) mass is 364 g/mol. The average molecular weight is 365 g/mol. The van der Waals surface area contributed by atoms with E-state index in [1.807, 2.05) is 11.8 Å². The highest BCUT2D eigenvalue weighted by Gasteiger charge is 2.32.